The molecule has 0 saturated heterocycles. The van der Waals surface area contributed by atoms with Gasteiger partial charge >= 0.3 is 0 Å². The SMILES string of the molecule is N[C@H](CC(F)F)c1cccnc1Cl. The molecule has 1 rings (SSSR count). The van der Waals surface area contributed by atoms with Crippen LogP contribution >= 0.6 is 11.6 Å². The summed E-state index contributed by atoms with van der Waals surface area (Å²) < 4.78 is 23.9. The normalized spacial score (nSPS) is 13.3. The van der Waals surface area contributed by atoms with Crippen LogP contribution in [0.5, 0.6) is 0 Å². The van der Waals surface area contributed by atoms with E-state index >= 15 is 0 Å². The fourth-order valence-corrected chi connectivity index (χ4v) is 1.25. The molecule has 1 aromatic rings. The van der Waals surface area contributed by atoms with E-state index in [2.05, 4.69) is 4.98 Å². The maximum atomic E-state index is 12.0. The summed E-state index contributed by atoms with van der Waals surface area (Å²) in [5, 5.41) is 0.190. The van der Waals surface area contributed by atoms with Crippen LogP contribution in [-0.2, 0) is 0 Å². The second kappa shape index (κ2) is 4.48. The van der Waals surface area contributed by atoms with Crippen molar-refractivity contribution in [3.63, 3.8) is 0 Å². The smallest absolute Gasteiger partial charge is 0.240 e. The van der Waals surface area contributed by atoms with Crippen LogP contribution in [0.25, 0.3) is 0 Å². The Morgan fingerprint density at radius 1 is 1.54 bits per heavy atom. The number of pyridine rings is 1. The lowest BCUT2D eigenvalue weighted by molar-refractivity contribution is 0.128. The average Bonchev–Trinajstić information content (AvgIpc) is 2.03. The van der Waals surface area contributed by atoms with E-state index in [4.69, 9.17) is 17.3 Å². The molecule has 0 fully saturated rings. The van der Waals surface area contributed by atoms with E-state index in [9.17, 15) is 8.78 Å². The van der Waals surface area contributed by atoms with Crippen molar-refractivity contribution in [2.75, 3.05) is 0 Å². The van der Waals surface area contributed by atoms with Crippen LogP contribution in [0.1, 0.15) is 18.0 Å². The number of aromatic nitrogens is 1. The molecule has 5 heteroatoms. The molecule has 0 aliphatic rings. The third-order valence-corrected chi connectivity index (χ3v) is 1.94. The molecule has 0 aliphatic carbocycles. The fraction of sp³-hybridized carbons (Fsp3) is 0.375. The highest BCUT2D eigenvalue weighted by Crippen LogP contribution is 2.23. The fourth-order valence-electron chi connectivity index (χ4n) is 0.994. The number of nitrogens with zero attached hydrogens (tertiary/aromatic N) is 1. The summed E-state index contributed by atoms with van der Waals surface area (Å²) >= 11 is 5.67. The van der Waals surface area contributed by atoms with Gasteiger partial charge in [-0.25, -0.2) is 13.8 Å². The van der Waals surface area contributed by atoms with E-state index in [1.165, 1.54) is 6.20 Å². The maximum Gasteiger partial charge on any atom is 0.240 e. The van der Waals surface area contributed by atoms with Crippen LogP contribution in [-0.4, -0.2) is 11.4 Å². The first-order chi connectivity index (χ1) is 6.11. The number of halogens is 3. The van der Waals surface area contributed by atoms with Gasteiger partial charge in [-0.1, -0.05) is 17.7 Å². The Morgan fingerprint density at radius 3 is 2.77 bits per heavy atom. The Kier molecular flexibility index (Phi) is 3.57. The molecule has 0 bridgehead atoms. The minimum absolute atomic E-state index is 0.190. The molecule has 1 atom stereocenters. The molecule has 13 heavy (non-hydrogen) atoms. The minimum Gasteiger partial charge on any atom is -0.324 e. The Bertz CT molecular complexity index is 281. The molecule has 1 heterocycles. The molecule has 0 spiro atoms. The predicted octanol–water partition coefficient (Wildman–Crippen LogP) is 2.39. The van der Waals surface area contributed by atoms with Crippen LogP contribution in [0.15, 0.2) is 18.3 Å². The molecule has 72 valence electrons. The standard InChI is InChI=1S/C8H9ClF2N2/c9-8-5(2-1-3-13-8)6(12)4-7(10)11/h1-3,6-7H,4,12H2/t6-/m1/s1. The van der Waals surface area contributed by atoms with Crippen molar-refractivity contribution in [2.24, 2.45) is 5.73 Å². The lowest BCUT2D eigenvalue weighted by Gasteiger charge is -2.11. The number of alkyl halides is 2. The zero-order chi connectivity index (χ0) is 9.84. The Morgan fingerprint density at radius 2 is 2.23 bits per heavy atom. The summed E-state index contributed by atoms with van der Waals surface area (Å²) in [6.45, 7) is 0. The molecule has 0 amide bonds. The molecule has 1 aromatic heterocycles. The summed E-state index contributed by atoms with van der Waals surface area (Å²) in [6.07, 6.45) is -1.34. The van der Waals surface area contributed by atoms with E-state index < -0.39 is 18.9 Å². The average molecular weight is 207 g/mol. The maximum absolute atomic E-state index is 12.0. The molecular weight excluding hydrogens is 198 g/mol. The van der Waals surface area contributed by atoms with Gasteiger partial charge in [0.2, 0.25) is 6.43 Å². The van der Waals surface area contributed by atoms with Gasteiger partial charge in [-0.3, -0.25) is 0 Å². The highest BCUT2D eigenvalue weighted by molar-refractivity contribution is 6.30. The van der Waals surface area contributed by atoms with Gasteiger partial charge in [0, 0.05) is 24.2 Å². The monoisotopic (exact) mass is 206 g/mol. The number of hydrogen-bond acceptors (Lipinski definition) is 2. The lowest BCUT2D eigenvalue weighted by atomic mass is 10.1. The third kappa shape index (κ3) is 2.90. The zero-order valence-corrected chi connectivity index (χ0v) is 7.51. The van der Waals surface area contributed by atoms with Crippen LogP contribution in [0.3, 0.4) is 0 Å². The van der Waals surface area contributed by atoms with E-state index in [0.717, 1.165) is 0 Å². The second-order valence-corrected chi connectivity index (χ2v) is 2.97. The molecule has 0 saturated carbocycles. The van der Waals surface area contributed by atoms with Gasteiger partial charge < -0.3 is 5.73 Å². The number of nitrogens with two attached hydrogens (primary N) is 1. The molecule has 0 radical (unpaired) electrons. The van der Waals surface area contributed by atoms with Crippen LogP contribution in [0.4, 0.5) is 8.78 Å². The van der Waals surface area contributed by atoms with Gasteiger partial charge in [0.1, 0.15) is 5.15 Å². The van der Waals surface area contributed by atoms with Gasteiger partial charge in [-0.05, 0) is 6.07 Å². The van der Waals surface area contributed by atoms with Crippen LogP contribution in [0.2, 0.25) is 5.15 Å². The summed E-state index contributed by atoms with van der Waals surface area (Å²) in [4.78, 5) is 3.75. The predicted molar refractivity (Wildman–Crippen MR) is 46.8 cm³/mol. The number of hydrogen-bond donors (Lipinski definition) is 1. The van der Waals surface area contributed by atoms with Crippen molar-refractivity contribution < 1.29 is 8.78 Å². The van der Waals surface area contributed by atoms with Crippen molar-refractivity contribution >= 4 is 11.6 Å². The molecule has 2 N–H and O–H groups in total. The molecule has 0 aromatic carbocycles. The largest absolute Gasteiger partial charge is 0.324 e. The summed E-state index contributed by atoms with van der Waals surface area (Å²) in [5.41, 5.74) is 5.95. The Labute approximate surface area is 79.7 Å². The van der Waals surface area contributed by atoms with Crippen LogP contribution in [0, 0.1) is 0 Å². The Hall–Kier alpha value is -0.740. The zero-order valence-electron chi connectivity index (χ0n) is 6.75. The topological polar surface area (TPSA) is 38.9 Å². The molecule has 0 aliphatic heterocycles. The summed E-state index contributed by atoms with van der Waals surface area (Å²) in [7, 11) is 0. The highest BCUT2D eigenvalue weighted by Gasteiger charge is 2.15. The van der Waals surface area contributed by atoms with Gasteiger partial charge in [-0.2, -0.15) is 0 Å². The first kappa shape index (κ1) is 10.3. The highest BCUT2D eigenvalue weighted by atomic mass is 35.5. The van der Waals surface area contributed by atoms with Crippen molar-refractivity contribution in [2.45, 2.75) is 18.9 Å². The van der Waals surface area contributed by atoms with Gasteiger partial charge in [0.15, 0.2) is 0 Å². The van der Waals surface area contributed by atoms with E-state index in [-0.39, 0.29) is 5.15 Å². The minimum atomic E-state index is -2.42. The third-order valence-electron chi connectivity index (χ3n) is 1.62. The van der Waals surface area contributed by atoms with Crippen molar-refractivity contribution in [3.05, 3.63) is 29.0 Å². The van der Waals surface area contributed by atoms with Gasteiger partial charge in [-0.15, -0.1) is 0 Å². The van der Waals surface area contributed by atoms with Gasteiger partial charge in [0.05, 0.1) is 0 Å². The van der Waals surface area contributed by atoms with Crippen LogP contribution < -0.4 is 5.73 Å². The van der Waals surface area contributed by atoms with Crippen molar-refractivity contribution in [1.82, 2.24) is 4.98 Å². The quantitative estimate of drug-likeness (QED) is 0.772. The van der Waals surface area contributed by atoms with E-state index in [0.29, 0.717) is 5.56 Å². The van der Waals surface area contributed by atoms with E-state index in [1.807, 2.05) is 0 Å². The van der Waals surface area contributed by atoms with Gasteiger partial charge in [0.25, 0.3) is 0 Å². The second-order valence-electron chi connectivity index (χ2n) is 2.62. The Balaban J connectivity index is 2.76. The molecule has 0 unspecified atom stereocenters. The summed E-state index contributed by atoms with van der Waals surface area (Å²) in [5.74, 6) is 0. The first-order valence-electron chi connectivity index (χ1n) is 3.75. The molecular formula is C8H9ClF2N2. The molecule has 2 nitrogen and oxygen atoms in total. The first-order valence-corrected chi connectivity index (χ1v) is 4.13. The van der Waals surface area contributed by atoms with Crippen molar-refractivity contribution in [1.29, 1.82) is 0 Å². The lowest BCUT2D eigenvalue weighted by Crippen LogP contribution is -2.14. The summed E-state index contributed by atoms with van der Waals surface area (Å²) in [6, 6.07) is 2.47. The van der Waals surface area contributed by atoms with E-state index in [1.54, 1.807) is 12.1 Å². The van der Waals surface area contributed by atoms with Crippen molar-refractivity contribution in [3.8, 4) is 0 Å². The number of rotatable bonds is 3.